The van der Waals surface area contributed by atoms with Crippen molar-refractivity contribution in [1.29, 1.82) is 0 Å². The van der Waals surface area contributed by atoms with Crippen LogP contribution in [0.5, 0.6) is 17.2 Å². The summed E-state index contributed by atoms with van der Waals surface area (Å²) >= 11 is 0. The number of aliphatic hydroxyl groups excluding tert-OH is 1. The Morgan fingerprint density at radius 1 is 0.943 bits per heavy atom. The largest absolute Gasteiger partial charge is 0.573 e. The molecule has 0 heterocycles. The number of carbonyl (C=O) groups excluding carboxylic acids is 2. The van der Waals surface area contributed by atoms with Crippen LogP contribution in [-0.2, 0) is 14.3 Å². The molecule has 1 unspecified atom stereocenters. The van der Waals surface area contributed by atoms with E-state index < -0.39 is 35.3 Å². The number of hydrogen-bond donors (Lipinski definition) is 3. The standard InChI is InChI=1S/C25H25F3O7/c1-16-14-17(2-6-20(16)30)3-7-21(31)19(10-12-34-13-11-29)22(32)8-4-18-5-9-23(33)24(15-18)35-25(26,27)28/h2-9,14-15,19,29-30,33H,10-13H2,1H3/b7-3+,8-4+. The lowest BCUT2D eigenvalue weighted by Gasteiger charge is -2.12. The first-order valence-corrected chi connectivity index (χ1v) is 10.5. The van der Waals surface area contributed by atoms with Crippen molar-refractivity contribution in [2.75, 3.05) is 19.8 Å². The first-order valence-electron chi connectivity index (χ1n) is 10.5. The van der Waals surface area contributed by atoms with Crippen molar-refractivity contribution >= 4 is 23.7 Å². The molecule has 0 amide bonds. The third kappa shape index (κ3) is 9.26. The monoisotopic (exact) mass is 494 g/mol. The first-order chi connectivity index (χ1) is 16.5. The van der Waals surface area contributed by atoms with Crippen molar-refractivity contribution in [3.63, 3.8) is 0 Å². The highest BCUT2D eigenvalue weighted by Crippen LogP contribution is 2.32. The van der Waals surface area contributed by atoms with E-state index in [0.717, 1.165) is 18.2 Å². The summed E-state index contributed by atoms with van der Waals surface area (Å²) in [6, 6.07) is 7.89. The number of aliphatic hydroxyl groups is 1. The molecule has 0 saturated heterocycles. The van der Waals surface area contributed by atoms with Crippen molar-refractivity contribution < 1.29 is 47.6 Å². The summed E-state index contributed by atoms with van der Waals surface area (Å²) in [5.41, 5.74) is 1.37. The van der Waals surface area contributed by atoms with E-state index in [1.54, 1.807) is 19.1 Å². The fraction of sp³-hybridized carbons (Fsp3) is 0.280. The molecule has 0 aliphatic heterocycles. The Kier molecular flexibility index (Phi) is 10.0. The number of carbonyl (C=O) groups is 2. The van der Waals surface area contributed by atoms with Gasteiger partial charge < -0.3 is 24.8 Å². The van der Waals surface area contributed by atoms with Gasteiger partial charge in [-0.05, 0) is 66.5 Å². The van der Waals surface area contributed by atoms with Gasteiger partial charge in [-0.1, -0.05) is 24.3 Å². The van der Waals surface area contributed by atoms with Crippen LogP contribution < -0.4 is 4.74 Å². The van der Waals surface area contributed by atoms with Gasteiger partial charge in [0.1, 0.15) is 5.75 Å². The molecule has 0 bridgehead atoms. The predicted octanol–water partition coefficient (Wildman–Crippen LogP) is 4.18. The van der Waals surface area contributed by atoms with Crippen molar-refractivity contribution in [3.05, 3.63) is 65.2 Å². The second-order valence-corrected chi connectivity index (χ2v) is 7.47. The summed E-state index contributed by atoms with van der Waals surface area (Å²) in [5.74, 6) is -3.72. The molecular formula is C25H25F3O7. The van der Waals surface area contributed by atoms with Gasteiger partial charge in [-0.2, -0.15) is 0 Å². The van der Waals surface area contributed by atoms with Gasteiger partial charge in [-0.25, -0.2) is 0 Å². The number of phenols is 2. The smallest absolute Gasteiger partial charge is 0.508 e. The van der Waals surface area contributed by atoms with Crippen LogP contribution >= 0.6 is 0 Å². The number of phenolic OH excluding ortho intramolecular Hbond substituents is 2. The van der Waals surface area contributed by atoms with Crippen LogP contribution in [0.1, 0.15) is 23.1 Å². The summed E-state index contributed by atoms with van der Waals surface area (Å²) < 4.78 is 46.4. The fourth-order valence-corrected chi connectivity index (χ4v) is 3.00. The van der Waals surface area contributed by atoms with Gasteiger partial charge in [0.05, 0.1) is 19.1 Å². The number of alkyl halides is 3. The lowest BCUT2D eigenvalue weighted by atomic mass is 9.94. The Balaban J connectivity index is 2.19. The molecule has 1 atom stereocenters. The molecule has 35 heavy (non-hydrogen) atoms. The van der Waals surface area contributed by atoms with Gasteiger partial charge in [-0.15, -0.1) is 13.2 Å². The van der Waals surface area contributed by atoms with E-state index in [9.17, 15) is 33.0 Å². The summed E-state index contributed by atoms with van der Waals surface area (Å²) in [6.07, 6.45) is -0.0228. The van der Waals surface area contributed by atoms with Crippen molar-refractivity contribution in [3.8, 4) is 17.2 Å². The zero-order valence-corrected chi connectivity index (χ0v) is 18.8. The van der Waals surface area contributed by atoms with Gasteiger partial charge in [0, 0.05) is 6.61 Å². The summed E-state index contributed by atoms with van der Waals surface area (Å²) in [6.45, 7) is 1.52. The van der Waals surface area contributed by atoms with Crippen molar-refractivity contribution in [2.45, 2.75) is 19.7 Å². The minimum Gasteiger partial charge on any atom is -0.508 e. The SMILES string of the molecule is Cc1cc(/C=C/C(=O)C(CCOCCO)C(=O)/C=C/c2ccc(O)c(OC(F)(F)F)c2)ccc1O. The Labute approximate surface area is 199 Å². The van der Waals surface area contributed by atoms with Gasteiger partial charge in [-0.3, -0.25) is 9.59 Å². The number of benzene rings is 2. The van der Waals surface area contributed by atoms with Crippen LogP contribution in [0, 0.1) is 12.8 Å². The van der Waals surface area contributed by atoms with Crippen LogP contribution in [0.15, 0.2) is 48.6 Å². The zero-order chi connectivity index (χ0) is 26.0. The average molecular weight is 494 g/mol. The third-order valence-electron chi connectivity index (χ3n) is 4.78. The summed E-state index contributed by atoms with van der Waals surface area (Å²) in [7, 11) is 0. The van der Waals surface area contributed by atoms with Crippen molar-refractivity contribution in [2.24, 2.45) is 5.92 Å². The van der Waals surface area contributed by atoms with E-state index in [-0.39, 0.29) is 37.6 Å². The molecule has 0 radical (unpaired) electrons. The first kappa shape index (κ1) is 27.6. The average Bonchev–Trinajstić information content (AvgIpc) is 2.79. The lowest BCUT2D eigenvalue weighted by Crippen LogP contribution is -2.23. The van der Waals surface area contributed by atoms with Gasteiger partial charge in [0.15, 0.2) is 23.1 Å². The molecule has 0 saturated carbocycles. The number of allylic oxidation sites excluding steroid dienone is 2. The normalized spacial score (nSPS) is 12.8. The molecule has 0 aliphatic rings. The van der Waals surface area contributed by atoms with E-state index in [1.807, 2.05) is 0 Å². The van der Waals surface area contributed by atoms with Gasteiger partial charge >= 0.3 is 6.36 Å². The number of halogens is 3. The number of hydrogen-bond acceptors (Lipinski definition) is 7. The summed E-state index contributed by atoms with van der Waals surface area (Å²) in [4.78, 5) is 25.5. The van der Waals surface area contributed by atoms with E-state index in [2.05, 4.69) is 4.74 Å². The molecule has 0 fully saturated rings. The highest BCUT2D eigenvalue weighted by molar-refractivity contribution is 6.13. The highest BCUT2D eigenvalue weighted by Gasteiger charge is 2.32. The maximum absolute atomic E-state index is 12.8. The van der Waals surface area contributed by atoms with Gasteiger partial charge in [0.25, 0.3) is 0 Å². The molecular weight excluding hydrogens is 469 g/mol. The topological polar surface area (TPSA) is 113 Å². The minimum atomic E-state index is -5.01. The number of ketones is 2. The molecule has 7 nitrogen and oxygen atoms in total. The number of ether oxygens (including phenoxy) is 2. The van der Waals surface area contributed by atoms with E-state index in [4.69, 9.17) is 9.84 Å². The number of aromatic hydroxyl groups is 2. The quantitative estimate of drug-likeness (QED) is 0.230. The zero-order valence-electron chi connectivity index (χ0n) is 18.8. The fourth-order valence-electron chi connectivity index (χ4n) is 3.00. The molecule has 0 aliphatic carbocycles. The van der Waals surface area contributed by atoms with E-state index in [0.29, 0.717) is 11.1 Å². The Morgan fingerprint density at radius 2 is 1.51 bits per heavy atom. The predicted molar refractivity (Wildman–Crippen MR) is 122 cm³/mol. The maximum Gasteiger partial charge on any atom is 0.573 e. The number of aryl methyl sites for hydroxylation is 1. The summed E-state index contributed by atoms with van der Waals surface area (Å²) in [5, 5.41) is 28.0. The third-order valence-corrected chi connectivity index (χ3v) is 4.78. The molecule has 188 valence electrons. The molecule has 0 spiro atoms. The maximum atomic E-state index is 12.8. The molecule has 10 heteroatoms. The Morgan fingerprint density at radius 3 is 2.06 bits per heavy atom. The second-order valence-electron chi connectivity index (χ2n) is 7.47. The van der Waals surface area contributed by atoms with Crippen LogP contribution in [0.4, 0.5) is 13.2 Å². The highest BCUT2D eigenvalue weighted by atomic mass is 19.4. The lowest BCUT2D eigenvalue weighted by molar-refractivity contribution is -0.275. The molecule has 0 aromatic heterocycles. The van der Waals surface area contributed by atoms with Crippen LogP contribution in [-0.4, -0.2) is 53.1 Å². The Bertz CT molecular complexity index is 1090. The minimum absolute atomic E-state index is 0.0129. The molecule has 2 aromatic rings. The van der Waals surface area contributed by atoms with Crippen LogP contribution in [0.3, 0.4) is 0 Å². The number of rotatable bonds is 12. The van der Waals surface area contributed by atoms with E-state index in [1.165, 1.54) is 30.4 Å². The van der Waals surface area contributed by atoms with Gasteiger partial charge in [0.2, 0.25) is 0 Å². The van der Waals surface area contributed by atoms with Crippen LogP contribution in [0.25, 0.3) is 12.2 Å². The molecule has 2 rings (SSSR count). The van der Waals surface area contributed by atoms with Crippen molar-refractivity contribution in [1.82, 2.24) is 0 Å². The molecule has 2 aromatic carbocycles. The second kappa shape index (κ2) is 12.7. The van der Waals surface area contributed by atoms with E-state index >= 15 is 0 Å². The van der Waals surface area contributed by atoms with Crippen LogP contribution in [0.2, 0.25) is 0 Å². The molecule has 3 N–H and O–H groups in total. The Hall–Kier alpha value is -3.63.